The number of hydrogen-bond donors (Lipinski definition) is 0. The Hall–Kier alpha value is 1.20. The molecule has 0 heterocycles. The number of rotatable bonds is 0. The fraction of sp³-hybridized carbons (Fsp3) is 0. The monoisotopic (exact) mass is 216 g/mol. The Balaban J connectivity index is -0.00000000321. The molecular formula is H4AlCl3O5. The molecule has 0 aliphatic heterocycles. The Morgan fingerprint density at radius 2 is 0.556 bits per heavy atom. The molecule has 0 spiro atoms. The first kappa shape index (κ1) is 48.9. The molecule has 9 heteroatoms. The summed E-state index contributed by atoms with van der Waals surface area (Å²) < 4.78 is 23.2. The molecule has 0 fully saturated rings. The summed E-state index contributed by atoms with van der Waals surface area (Å²) in [5, 5.41) is 0. The second-order valence-electron chi connectivity index (χ2n) is 0. The molecule has 0 aromatic rings. The van der Waals surface area contributed by atoms with Crippen LogP contribution in [0.25, 0.3) is 0 Å². The molecule has 9 heavy (non-hydrogen) atoms. The van der Waals surface area contributed by atoms with Gasteiger partial charge in [0.25, 0.3) is 0 Å². The summed E-state index contributed by atoms with van der Waals surface area (Å²) in [5.74, 6) is 0. The summed E-state index contributed by atoms with van der Waals surface area (Å²) in [6.45, 7) is 0. The van der Waals surface area contributed by atoms with E-state index < -0.39 is 0 Å². The van der Waals surface area contributed by atoms with Crippen LogP contribution in [0.5, 0.6) is 0 Å². The zero-order valence-electron chi connectivity index (χ0n) is 3.94. The van der Waals surface area contributed by atoms with Gasteiger partial charge in [-0.2, -0.15) is 0 Å². The Morgan fingerprint density at radius 3 is 0.556 bits per heavy atom. The van der Waals surface area contributed by atoms with Crippen molar-refractivity contribution in [3.05, 3.63) is 0 Å². The van der Waals surface area contributed by atoms with Crippen molar-refractivity contribution in [3.8, 4) is 0 Å². The van der Waals surface area contributed by atoms with E-state index in [1.54, 1.807) is 0 Å². The van der Waals surface area contributed by atoms with Crippen LogP contribution in [0.2, 0.25) is 0 Å². The molecule has 0 amide bonds. The molecule has 0 unspecified atom stereocenters. The van der Waals surface area contributed by atoms with Crippen molar-refractivity contribution >= 4 is 53.0 Å². The zero-order valence-corrected chi connectivity index (χ0v) is 7.36. The zero-order chi connectivity index (χ0) is 6.00. The predicted molar refractivity (Wildman–Crippen MR) is 30.5 cm³/mol. The predicted octanol–water partition coefficient (Wildman–Crippen LogP) is -3.53. The Kier molecular flexibility index (Phi) is 2330. The van der Waals surface area contributed by atoms with Crippen LogP contribution in [0.15, 0.2) is 0 Å². The summed E-state index contributed by atoms with van der Waals surface area (Å²) in [6, 6.07) is 0. The number of hydrogen-bond acceptors (Lipinski definition) is 3. The van der Waals surface area contributed by atoms with Crippen LogP contribution in [-0.2, 0) is 0 Å². The van der Waals surface area contributed by atoms with Gasteiger partial charge in [0.05, 0.1) is 0 Å². The molecule has 4 N–H and O–H groups in total. The largest absolute Gasteiger partial charge is 3.00 e. The standard InChI is InChI=1S/Al.3ClO.2H2O/c;3*1-2;;/h;;;;2*1H2/q+3;3*-1;;. The first-order chi connectivity index (χ1) is 3.00. The maximum Gasteiger partial charge on any atom is 3.00 e. The molecule has 0 aliphatic carbocycles. The summed E-state index contributed by atoms with van der Waals surface area (Å²) in [5.41, 5.74) is 0. The minimum absolute atomic E-state index is 0. The van der Waals surface area contributed by atoms with E-state index in [0.29, 0.717) is 0 Å². The van der Waals surface area contributed by atoms with Gasteiger partial charge in [0.1, 0.15) is 0 Å². The van der Waals surface area contributed by atoms with Gasteiger partial charge >= 0.3 is 17.4 Å². The normalized spacial score (nSPS) is 2.00. The first-order valence-electron chi connectivity index (χ1n) is 0.463. The second kappa shape index (κ2) is 428. The van der Waals surface area contributed by atoms with E-state index in [0.717, 1.165) is 0 Å². The summed E-state index contributed by atoms with van der Waals surface area (Å²) in [7, 11) is 0. The van der Waals surface area contributed by atoms with Crippen molar-refractivity contribution in [2.24, 2.45) is 0 Å². The van der Waals surface area contributed by atoms with Crippen LogP contribution >= 0.6 is 35.6 Å². The van der Waals surface area contributed by atoms with Gasteiger partial charge in [-0.15, -0.1) is 0 Å². The van der Waals surface area contributed by atoms with Crippen LogP contribution in [0, 0.1) is 0 Å². The van der Waals surface area contributed by atoms with Crippen molar-refractivity contribution in [2.45, 2.75) is 0 Å². The fourth-order valence-corrected chi connectivity index (χ4v) is 0. The average molecular weight is 217 g/mol. The molecule has 0 aromatic heterocycles. The van der Waals surface area contributed by atoms with E-state index in [4.69, 9.17) is 14.0 Å². The van der Waals surface area contributed by atoms with Crippen molar-refractivity contribution < 1.29 is 24.9 Å². The molecule has 0 atom stereocenters. The van der Waals surface area contributed by atoms with Gasteiger partial charge in [-0.1, -0.05) is 0 Å². The second-order valence-corrected chi connectivity index (χ2v) is 0. The average Bonchev–Trinajstić information content (AvgIpc) is 1.81. The smallest absolute Gasteiger partial charge is 0.769 e. The molecule has 5 nitrogen and oxygen atoms in total. The molecule has 0 bridgehead atoms. The Labute approximate surface area is 78.0 Å². The third-order valence-electron chi connectivity index (χ3n) is 0. The molecule has 58 valence electrons. The van der Waals surface area contributed by atoms with Crippen molar-refractivity contribution in [2.75, 3.05) is 0 Å². The van der Waals surface area contributed by atoms with Crippen molar-refractivity contribution in [3.63, 3.8) is 0 Å². The molecule has 0 saturated heterocycles. The van der Waals surface area contributed by atoms with Crippen LogP contribution in [-0.4, -0.2) is 28.3 Å². The van der Waals surface area contributed by atoms with Crippen LogP contribution in [0.3, 0.4) is 0 Å². The topological polar surface area (TPSA) is 132 Å². The molecule has 0 rings (SSSR count). The van der Waals surface area contributed by atoms with E-state index in [1.807, 2.05) is 0 Å². The minimum atomic E-state index is 0. The van der Waals surface area contributed by atoms with Crippen LogP contribution in [0.4, 0.5) is 0 Å². The summed E-state index contributed by atoms with van der Waals surface area (Å²) in [4.78, 5) is 0. The van der Waals surface area contributed by atoms with Crippen LogP contribution in [0.1, 0.15) is 0 Å². The quantitative estimate of drug-likeness (QED) is 0.389. The third kappa shape index (κ3) is 330. The molecule has 0 radical (unpaired) electrons. The Bertz CT molecular complexity index is 12.2. The summed E-state index contributed by atoms with van der Waals surface area (Å²) in [6.07, 6.45) is 0. The van der Waals surface area contributed by atoms with Crippen LogP contribution < -0.4 is 14.0 Å². The van der Waals surface area contributed by atoms with Gasteiger partial charge in [0.15, 0.2) is 0 Å². The third-order valence-corrected chi connectivity index (χ3v) is 0. The van der Waals surface area contributed by atoms with Gasteiger partial charge in [-0.3, -0.25) is 0 Å². The van der Waals surface area contributed by atoms with E-state index in [2.05, 4.69) is 35.6 Å². The van der Waals surface area contributed by atoms with Crippen molar-refractivity contribution in [1.82, 2.24) is 0 Å². The molecule has 0 saturated carbocycles. The van der Waals surface area contributed by atoms with Gasteiger partial charge in [0.2, 0.25) is 0 Å². The fourth-order valence-electron chi connectivity index (χ4n) is 0. The molecule has 0 aliphatic rings. The van der Waals surface area contributed by atoms with Crippen molar-refractivity contribution in [1.29, 1.82) is 0 Å². The maximum absolute atomic E-state index is 7.72. The number of halogens is 3. The maximum atomic E-state index is 7.72. The van der Waals surface area contributed by atoms with E-state index in [1.165, 1.54) is 0 Å². The first-order valence-corrected chi connectivity index (χ1v) is 1.39. The van der Waals surface area contributed by atoms with E-state index in [9.17, 15) is 0 Å². The Morgan fingerprint density at radius 1 is 0.556 bits per heavy atom. The van der Waals surface area contributed by atoms with E-state index in [-0.39, 0.29) is 28.3 Å². The van der Waals surface area contributed by atoms with Gasteiger partial charge in [0, 0.05) is 0 Å². The molecule has 0 aromatic carbocycles. The summed E-state index contributed by atoms with van der Waals surface area (Å²) >= 11 is 10.2. The van der Waals surface area contributed by atoms with Gasteiger partial charge in [-0.25, -0.2) is 35.6 Å². The SMILES string of the molecule is O.O.[Al+3].[O-]Cl.[O-]Cl.[O-]Cl. The van der Waals surface area contributed by atoms with E-state index >= 15 is 0 Å². The minimum Gasteiger partial charge on any atom is -0.769 e. The van der Waals surface area contributed by atoms with Gasteiger partial charge in [-0.05, 0) is 0 Å². The van der Waals surface area contributed by atoms with Gasteiger partial charge < -0.3 is 24.9 Å². The molecular weight excluding hydrogens is 213 g/mol.